The molecule has 0 spiro atoms. The lowest BCUT2D eigenvalue weighted by atomic mass is 9.97. The monoisotopic (exact) mass is 305 g/mol. The van der Waals surface area contributed by atoms with E-state index < -0.39 is 0 Å². The zero-order valence-electron chi connectivity index (χ0n) is 10.9. The van der Waals surface area contributed by atoms with E-state index in [0.29, 0.717) is 0 Å². The number of halogens is 2. The summed E-state index contributed by atoms with van der Waals surface area (Å²) in [7, 11) is 0. The fourth-order valence-corrected chi connectivity index (χ4v) is 3.76. The van der Waals surface area contributed by atoms with Crippen LogP contribution in [0.2, 0.25) is 0 Å². The molecule has 1 aromatic carbocycles. The van der Waals surface area contributed by atoms with Gasteiger partial charge in [0.1, 0.15) is 5.82 Å². The normalized spacial score (nSPS) is 14.3. The van der Waals surface area contributed by atoms with Crippen molar-refractivity contribution in [2.24, 2.45) is 0 Å². The Bertz CT molecular complexity index is 726. The number of nitrogens with zero attached hydrogens (tertiary/aromatic N) is 1. The molecule has 0 radical (unpaired) electrons. The van der Waals surface area contributed by atoms with E-state index >= 15 is 0 Å². The van der Waals surface area contributed by atoms with Crippen LogP contribution in [0.25, 0.3) is 10.1 Å². The van der Waals surface area contributed by atoms with Gasteiger partial charge in [-0.25, -0.2) is 4.39 Å². The summed E-state index contributed by atoms with van der Waals surface area (Å²) in [6.45, 7) is 2.10. The van der Waals surface area contributed by atoms with Gasteiger partial charge in [0.25, 0.3) is 0 Å². The van der Waals surface area contributed by atoms with Gasteiger partial charge >= 0.3 is 0 Å². The topological polar surface area (TPSA) is 12.9 Å². The quantitative estimate of drug-likeness (QED) is 0.581. The summed E-state index contributed by atoms with van der Waals surface area (Å²) in [5.41, 5.74) is 1.16. The standard InChI is InChI=1S/C16H13ClFNS/c1-10(11-4-6-19-7-5-11)16(17)15-8-12-2-3-13(18)9-14(12)20-15/h2-10,16H,1H3. The van der Waals surface area contributed by atoms with E-state index in [1.165, 1.54) is 6.07 Å². The first-order valence-electron chi connectivity index (χ1n) is 6.38. The fraction of sp³-hybridized carbons (Fsp3) is 0.188. The maximum absolute atomic E-state index is 13.2. The first kappa shape index (κ1) is 13.5. The third kappa shape index (κ3) is 2.56. The summed E-state index contributed by atoms with van der Waals surface area (Å²) in [5, 5.41) is 0.914. The molecule has 0 aliphatic heterocycles. The van der Waals surface area contributed by atoms with E-state index in [9.17, 15) is 4.39 Å². The molecule has 0 bridgehead atoms. The highest BCUT2D eigenvalue weighted by Crippen LogP contribution is 2.41. The Morgan fingerprint density at radius 1 is 1.15 bits per heavy atom. The maximum Gasteiger partial charge on any atom is 0.124 e. The third-order valence-electron chi connectivity index (χ3n) is 3.44. The molecule has 0 aliphatic rings. The molecular weight excluding hydrogens is 293 g/mol. The molecule has 102 valence electrons. The zero-order chi connectivity index (χ0) is 14.1. The largest absolute Gasteiger partial charge is 0.265 e. The highest BCUT2D eigenvalue weighted by atomic mass is 35.5. The van der Waals surface area contributed by atoms with Gasteiger partial charge in [-0.2, -0.15) is 0 Å². The number of hydrogen-bond donors (Lipinski definition) is 0. The Kier molecular flexibility index (Phi) is 3.72. The van der Waals surface area contributed by atoms with Gasteiger partial charge in [-0.3, -0.25) is 4.98 Å². The molecule has 3 aromatic rings. The molecule has 0 fully saturated rings. The Hall–Kier alpha value is -1.45. The molecule has 2 atom stereocenters. The number of benzene rings is 1. The van der Waals surface area contributed by atoms with E-state index in [0.717, 1.165) is 20.5 Å². The second-order valence-corrected chi connectivity index (χ2v) is 6.39. The van der Waals surface area contributed by atoms with Crippen LogP contribution < -0.4 is 0 Å². The molecule has 2 heterocycles. The van der Waals surface area contributed by atoms with E-state index in [4.69, 9.17) is 11.6 Å². The average Bonchev–Trinajstić information content (AvgIpc) is 2.89. The molecule has 1 nitrogen and oxygen atoms in total. The van der Waals surface area contributed by atoms with Crippen molar-refractivity contribution in [3.8, 4) is 0 Å². The molecule has 4 heteroatoms. The number of rotatable bonds is 3. The number of thiophene rings is 1. The summed E-state index contributed by atoms with van der Waals surface area (Å²) >= 11 is 8.15. The highest BCUT2D eigenvalue weighted by molar-refractivity contribution is 7.19. The SMILES string of the molecule is CC(c1ccncc1)C(Cl)c1cc2ccc(F)cc2s1. The van der Waals surface area contributed by atoms with Crippen LogP contribution in [0.5, 0.6) is 0 Å². The smallest absolute Gasteiger partial charge is 0.124 e. The molecule has 0 N–H and O–H groups in total. The van der Waals surface area contributed by atoms with E-state index in [1.807, 2.05) is 12.1 Å². The lowest BCUT2D eigenvalue weighted by molar-refractivity contribution is 0.630. The van der Waals surface area contributed by atoms with Gasteiger partial charge in [0, 0.05) is 27.9 Å². The van der Waals surface area contributed by atoms with Crippen LogP contribution in [-0.2, 0) is 0 Å². The minimum absolute atomic E-state index is 0.127. The molecule has 0 saturated carbocycles. The Labute approximate surface area is 126 Å². The Morgan fingerprint density at radius 2 is 1.90 bits per heavy atom. The second kappa shape index (κ2) is 5.51. The van der Waals surface area contributed by atoms with Crippen LogP contribution in [-0.4, -0.2) is 4.98 Å². The van der Waals surface area contributed by atoms with Gasteiger partial charge in [-0.1, -0.05) is 13.0 Å². The second-order valence-electron chi connectivity index (χ2n) is 4.80. The molecule has 20 heavy (non-hydrogen) atoms. The van der Waals surface area contributed by atoms with Crippen LogP contribution in [0.15, 0.2) is 48.8 Å². The lowest BCUT2D eigenvalue weighted by Gasteiger charge is -2.16. The van der Waals surface area contributed by atoms with Gasteiger partial charge in [0.05, 0.1) is 5.38 Å². The van der Waals surface area contributed by atoms with Gasteiger partial charge < -0.3 is 0 Å². The van der Waals surface area contributed by atoms with Crippen molar-refractivity contribution in [1.29, 1.82) is 0 Å². The summed E-state index contributed by atoms with van der Waals surface area (Å²) in [6.07, 6.45) is 3.55. The van der Waals surface area contributed by atoms with Crippen molar-refractivity contribution in [3.05, 3.63) is 65.0 Å². The minimum atomic E-state index is -0.209. The molecular formula is C16H13ClFNS. The predicted octanol–water partition coefficient (Wildman–Crippen LogP) is 5.52. The maximum atomic E-state index is 13.2. The first-order chi connectivity index (χ1) is 9.65. The van der Waals surface area contributed by atoms with Gasteiger partial charge in [0.15, 0.2) is 0 Å². The van der Waals surface area contributed by atoms with E-state index in [2.05, 4.69) is 18.0 Å². The average molecular weight is 306 g/mol. The molecule has 3 rings (SSSR count). The summed E-state index contributed by atoms with van der Waals surface area (Å²) in [4.78, 5) is 5.09. The van der Waals surface area contributed by atoms with Crippen molar-refractivity contribution >= 4 is 33.0 Å². The van der Waals surface area contributed by atoms with Crippen LogP contribution >= 0.6 is 22.9 Å². The third-order valence-corrected chi connectivity index (χ3v) is 5.37. The molecule has 2 aromatic heterocycles. The zero-order valence-corrected chi connectivity index (χ0v) is 12.5. The van der Waals surface area contributed by atoms with Crippen LogP contribution in [0.1, 0.15) is 28.7 Å². The fourth-order valence-electron chi connectivity index (χ4n) is 2.24. The first-order valence-corrected chi connectivity index (χ1v) is 7.63. The van der Waals surface area contributed by atoms with Crippen molar-refractivity contribution < 1.29 is 4.39 Å². The highest BCUT2D eigenvalue weighted by Gasteiger charge is 2.20. The summed E-state index contributed by atoms with van der Waals surface area (Å²) < 4.78 is 14.2. The number of aromatic nitrogens is 1. The van der Waals surface area contributed by atoms with Gasteiger partial charge in [-0.05, 0) is 41.3 Å². The number of hydrogen-bond acceptors (Lipinski definition) is 2. The molecule has 0 amide bonds. The Morgan fingerprint density at radius 3 is 2.65 bits per heavy atom. The van der Waals surface area contributed by atoms with Gasteiger partial charge in [0.2, 0.25) is 0 Å². The van der Waals surface area contributed by atoms with E-state index in [1.54, 1.807) is 35.9 Å². The van der Waals surface area contributed by atoms with Crippen molar-refractivity contribution in [2.45, 2.75) is 18.2 Å². The van der Waals surface area contributed by atoms with Crippen LogP contribution in [0.3, 0.4) is 0 Å². The van der Waals surface area contributed by atoms with Crippen LogP contribution in [0.4, 0.5) is 4.39 Å². The van der Waals surface area contributed by atoms with Crippen LogP contribution in [0, 0.1) is 5.82 Å². The number of alkyl halides is 1. The molecule has 0 aliphatic carbocycles. The molecule has 0 saturated heterocycles. The summed E-state index contributed by atoms with van der Waals surface area (Å²) in [5.74, 6) is -0.0308. The number of fused-ring (bicyclic) bond motifs is 1. The van der Waals surface area contributed by atoms with Crippen molar-refractivity contribution in [2.75, 3.05) is 0 Å². The Balaban J connectivity index is 1.94. The van der Waals surface area contributed by atoms with Gasteiger partial charge in [-0.15, -0.1) is 22.9 Å². The minimum Gasteiger partial charge on any atom is -0.265 e. The van der Waals surface area contributed by atoms with E-state index in [-0.39, 0.29) is 17.1 Å². The van der Waals surface area contributed by atoms with Crippen molar-refractivity contribution in [3.63, 3.8) is 0 Å². The summed E-state index contributed by atoms with van der Waals surface area (Å²) in [6, 6.07) is 10.8. The lowest BCUT2D eigenvalue weighted by Crippen LogP contribution is -2.00. The number of pyridine rings is 1. The predicted molar refractivity (Wildman–Crippen MR) is 83.0 cm³/mol. The molecule has 2 unspecified atom stereocenters. The van der Waals surface area contributed by atoms with Crippen molar-refractivity contribution in [1.82, 2.24) is 4.98 Å².